The van der Waals surface area contributed by atoms with Gasteiger partial charge < -0.3 is 9.64 Å². The Bertz CT molecular complexity index is 259. The molecule has 2 aliphatic rings. The van der Waals surface area contributed by atoms with E-state index in [-0.39, 0.29) is 5.44 Å². The fourth-order valence-corrected chi connectivity index (χ4v) is 3.03. The summed E-state index contributed by atoms with van der Waals surface area (Å²) in [5.74, 6) is 0. The van der Waals surface area contributed by atoms with Crippen molar-refractivity contribution >= 4 is 16.9 Å². The maximum absolute atomic E-state index is 13.0. The van der Waals surface area contributed by atoms with Crippen molar-refractivity contribution in [2.45, 2.75) is 23.8 Å². The van der Waals surface area contributed by atoms with E-state index < -0.39 is 12.2 Å². The van der Waals surface area contributed by atoms with Gasteiger partial charge in [0.25, 0.3) is 0 Å². The molecule has 0 bridgehead atoms. The summed E-state index contributed by atoms with van der Waals surface area (Å²) >= 11 is 1.54. The van der Waals surface area contributed by atoms with Crippen LogP contribution in [0.3, 0.4) is 0 Å². The van der Waals surface area contributed by atoms with Crippen molar-refractivity contribution in [2.75, 3.05) is 27.4 Å². The Morgan fingerprint density at radius 1 is 1.71 bits per heavy atom. The van der Waals surface area contributed by atoms with Gasteiger partial charge in [-0.25, -0.2) is 9.38 Å². The molecule has 2 rings (SSSR count). The zero-order chi connectivity index (χ0) is 10.2. The second kappa shape index (κ2) is 3.70. The van der Waals surface area contributed by atoms with E-state index in [1.54, 1.807) is 0 Å². The van der Waals surface area contributed by atoms with Gasteiger partial charge in [-0.1, -0.05) is 11.8 Å². The Kier molecular flexibility index (Phi) is 2.70. The average molecular weight is 218 g/mol. The molecule has 14 heavy (non-hydrogen) atoms. The molecule has 0 amide bonds. The van der Waals surface area contributed by atoms with Crippen LogP contribution in [0.15, 0.2) is 4.99 Å². The highest BCUT2D eigenvalue weighted by atomic mass is 32.2. The molecule has 2 aliphatic heterocycles. The molecule has 0 N–H and O–H groups in total. The van der Waals surface area contributed by atoms with E-state index in [1.807, 2.05) is 19.0 Å². The third-order valence-corrected chi connectivity index (χ3v) is 4.06. The predicted molar refractivity (Wildman–Crippen MR) is 56.4 cm³/mol. The van der Waals surface area contributed by atoms with Crippen LogP contribution in [0.1, 0.15) is 12.8 Å². The molecule has 0 aromatic rings. The number of ether oxygens (including phenoxy) is 1. The first kappa shape index (κ1) is 10.2. The normalized spacial score (nSPS) is 36.5. The van der Waals surface area contributed by atoms with Gasteiger partial charge in [0.05, 0.1) is 0 Å². The van der Waals surface area contributed by atoms with Crippen LogP contribution in [-0.2, 0) is 4.74 Å². The number of rotatable bonds is 1. The number of halogens is 1. The first-order valence-electron chi connectivity index (χ1n) is 4.79. The molecule has 0 aromatic carbocycles. The van der Waals surface area contributed by atoms with Gasteiger partial charge in [0.15, 0.2) is 5.17 Å². The molecule has 0 saturated carbocycles. The van der Waals surface area contributed by atoms with Crippen LogP contribution in [0.25, 0.3) is 0 Å². The molecule has 2 unspecified atom stereocenters. The van der Waals surface area contributed by atoms with E-state index in [2.05, 4.69) is 4.99 Å². The maximum Gasteiger partial charge on any atom is 0.162 e. The Hall–Kier alpha value is -0.290. The first-order chi connectivity index (χ1) is 6.68. The van der Waals surface area contributed by atoms with E-state index in [0.29, 0.717) is 0 Å². The number of hydrogen-bond acceptors (Lipinski definition) is 4. The van der Waals surface area contributed by atoms with Crippen LogP contribution >= 0.6 is 11.8 Å². The zero-order valence-electron chi connectivity index (χ0n) is 8.49. The predicted octanol–water partition coefficient (Wildman–Crippen LogP) is 1.50. The van der Waals surface area contributed by atoms with Crippen molar-refractivity contribution in [3.63, 3.8) is 0 Å². The van der Waals surface area contributed by atoms with Crippen LogP contribution in [0.2, 0.25) is 0 Å². The lowest BCUT2D eigenvalue weighted by atomic mass is 9.95. The largest absolute Gasteiger partial charge is 0.364 e. The zero-order valence-corrected chi connectivity index (χ0v) is 9.31. The molecule has 5 heteroatoms. The number of aliphatic imine (C=N–C) groups is 1. The van der Waals surface area contributed by atoms with E-state index in [9.17, 15) is 4.39 Å². The third-order valence-electron chi connectivity index (χ3n) is 2.61. The highest BCUT2D eigenvalue weighted by molar-refractivity contribution is 8.14. The Labute approximate surface area is 87.7 Å². The Morgan fingerprint density at radius 3 is 3.07 bits per heavy atom. The monoisotopic (exact) mass is 218 g/mol. The minimum absolute atomic E-state index is 0.112. The SMILES string of the molecule is CN(C)C1=NC2(CF)CCCOC2S1. The third kappa shape index (κ3) is 1.52. The van der Waals surface area contributed by atoms with Crippen molar-refractivity contribution in [1.29, 1.82) is 0 Å². The van der Waals surface area contributed by atoms with Crippen molar-refractivity contribution in [1.82, 2.24) is 4.90 Å². The van der Waals surface area contributed by atoms with E-state index in [0.717, 1.165) is 24.6 Å². The number of nitrogens with zero attached hydrogens (tertiary/aromatic N) is 2. The highest BCUT2D eigenvalue weighted by Gasteiger charge is 2.48. The van der Waals surface area contributed by atoms with Gasteiger partial charge >= 0.3 is 0 Å². The van der Waals surface area contributed by atoms with Crippen LogP contribution in [0.4, 0.5) is 4.39 Å². The smallest absolute Gasteiger partial charge is 0.162 e. The Morgan fingerprint density at radius 2 is 2.50 bits per heavy atom. The van der Waals surface area contributed by atoms with Crippen molar-refractivity contribution in [3.8, 4) is 0 Å². The summed E-state index contributed by atoms with van der Waals surface area (Å²) in [6.07, 6.45) is 1.71. The summed E-state index contributed by atoms with van der Waals surface area (Å²) < 4.78 is 18.6. The van der Waals surface area contributed by atoms with Gasteiger partial charge in [-0.2, -0.15) is 0 Å². The second-order valence-corrected chi connectivity index (χ2v) is 4.98. The highest BCUT2D eigenvalue weighted by Crippen LogP contribution is 2.43. The van der Waals surface area contributed by atoms with Gasteiger partial charge in [-0.15, -0.1) is 0 Å². The summed E-state index contributed by atoms with van der Waals surface area (Å²) in [7, 11) is 3.85. The molecule has 0 aliphatic carbocycles. The topological polar surface area (TPSA) is 24.8 Å². The molecule has 2 heterocycles. The molecule has 3 nitrogen and oxygen atoms in total. The second-order valence-electron chi connectivity index (χ2n) is 3.95. The van der Waals surface area contributed by atoms with Gasteiger partial charge in [0, 0.05) is 20.7 Å². The van der Waals surface area contributed by atoms with E-state index in [4.69, 9.17) is 4.74 Å². The van der Waals surface area contributed by atoms with Gasteiger partial charge in [0.2, 0.25) is 0 Å². The average Bonchev–Trinajstić information content (AvgIpc) is 2.57. The van der Waals surface area contributed by atoms with Crippen LogP contribution in [0.5, 0.6) is 0 Å². The van der Waals surface area contributed by atoms with Crippen LogP contribution < -0.4 is 0 Å². The summed E-state index contributed by atoms with van der Waals surface area (Å²) in [4.78, 5) is 6.39. The molecule has 80 valence electrons. The minimum Gasteiger partial charge on any atom is -0.364 e. The lowest BCUT2D eigenvalue weighted by Gasteiger charge is -2.33. The van der Waals surface area contributed by atoms with Crippen molar-refractivity contribution < 1.29 is 9.13 Å². The summed E-state index contributed by atoms with van der Waals surface area (Å²) in [6, 6.07) is 0. The quantitative estimate of drug-likeness (QED) is 0.666. The number of alkyl halides is 1. The van der Waals surface area contributed by atoms with Crippen LogP contribution in [-0.4, -0.2) is 48.4 Å². The van der Waals surface area contributed by atoms with Crippen LogP contribution in [0, 0.1) is 0 Å². The van der Waals surface area contributed by atoms with Gasteiger partial charge in [-0.05, 0) is 12.8 Å². The van der Waals surface area contributed by atoms with Crippen molar-refractivity contribution in [3.05, 3.63) is 0 Å². The number of fused-ring (bicyclic) bond motifs is 1. The molecule has 1 saturated heterocycles. The molecule has 2 atom stereocenters. The Balaban J connectivity index is 2.21. The molecule has 0 radical (unpaired) electrons. The van der Waals surface area contributed by atoms with Gasteiger partial charge in [0.1, 0.15) is 17.6 Å². The first-order valence-corrected chi connectivity index (χ1v) is 5.67. The van der Waals surface area contributed by atoms with Gasteiger partial charge in [-0.3, -0.25) is 0 Å². The standard InChI is InChI=1S/C9H15FN2OS/c1-12(2)8-11-9(6-10)4-3-5-13-7(9)14-8/h7H,3-6H2,1-2H3. The fraction of sp³-hybridized carbons (Fsp3) is 0.889. The minimum atomic E-state index is -0.595. The van der Waals surface area contributed by atoms with E-state index in [1.165, 1.54) is 11.8 Å². The number of thioether (sulfide) groups is 1. The molecule has 1 fully saturated rings. The van der Waals surface area contributed by atoms with Crippen molar-refractivity contribution in [2.24, 2.45) is 4.99 Å². The molecular formula is C9H15FN2OS. The fourth-order valence-electron chi connectivity index (χ4n) is 1.77. The summed E-state index contributed by atoms with van der Waals surface area (Å²) in [6.45, 7) is 0.317. The number of hydrogen-bond donors (Lipinski definition) is 0. The lowest BCUT2D eigenvalue weighted by Crippen LogP contribution is -2.43. The lowest BCUT2D eigenvalue weighted by molar-refractivity contribution is 0.00838. The summed E-state index contributed by atoms with van der Waals surface area (Å²) in [5, 5.41) is 0.884. The number of amidine groups is 1. The maximum atomic E-state index is 13.0. The summed E-state index contributed by atoms with van der Waals surface area (Å²) in [5.41, 5.74) is -0.707. The molecule has 0 spiro atoms. The molecule has 0 aromatic heterocycles. The van der Waals surface area contributed by atoms with E-state index >= 15 is 0 Å². The molecular weight excluding hydrogens is 203 g/mol.